The molecule has 0 aliphatic carbocycles. The van der Waals surface area contributed by atoms with Gasteiger partial charge in [0, 0.05) is 13.1 Å². The molecule has 0 amide bonds. The van der Waals surface area contributed by atoms with Crippen molar-refractivity contribution in [3.63, 3.8) is 0 Å². The highest BCUT2D eigenvalue weighted by molar-refractivity contribution is 9.10. The van der Waals surface area contributed by atoms with E-state index in [1.165, 1.54) is 12.1 Å². The second-order valence-corrected chi connectivity index (χ2v) is 7.48. The number of aromatic carboxylic acids is 1. The van der Waals surface area contributed by atoms with Gasteiger partial charge >= 0.3 is 5.97 Å². The van der Waals surface area contributed by atoms with Gasteiger partial charge in [-0.3, -0.25) is 0 Å². The minimum atomic E-state index is -0.937. The highest BCUT2D eigenvalue weighted by atomic mass is 79.9. The van der Waals surface area contributed by atoms with Gasteiger partial charge in [0.25, 0.3) is 0 Å². The zero-order valence-electron chi connectivity index (χ0n) is 16.7. The maximum Gasteiger partial charge on any atom is 0.335 e. The monoisotopic (exact) mass is 509 g/mol. The van der Waals surface area contributed by atoms with Gasteiger partial charge in [-0.25, -0.2) is 9.18 Å². The summed E-state index contributed by atoms with van der Waals surface area (Å²) in [4.78, 5) is 10.9. The van der Waals surface area contributed by atoms with Crippen LogP contribution in [0.15, 0.2) is 65.1 Å². The van der Waals surface area contributed by atoms with Crippen molar-refractivity contribution in [2.45, 2.75) is 19.7 Å². The lowest BCUT2D eigenvalue weighted by Gasteiger charge is -2.15. The number of hydrogen-bond acceptors (Lipinski definition) is 4. The summed E-state index contributed by atoms with van der Waals surface area (Å²) in [5.41, 5.74) is 3.11. The molecule has 2 N–H and O–H groups in total. The number of ether oxygens (including phenoxy) is 2. The average molecular weight is 511 g/mol. The van der Waals surface area contributed by atoms with Gasteiger partial charge in [-0.2, -0.15) is 0 Å². The minimum absolute atomic E-state index is 0. The van der Waals surface area contributed by atoms with E-state index < -0.39 is 5.97 Å². The predicted molar refractivity (Wildman–Crippen MR) is 123 cm³/mol. The predicted octanol–water partition coefficient (Wildman–Crippen LogP) is 5.59. The molecule has 0 saturated heterocycles. The average Bonchev–Trinajstić information content (AvgIpc) is 2.74. The number of rotatable bonds is 9. The zero-order valence-corrected chi connectivity index (χ0v) is 19.1. The second kappa shape index (κ2) is 11.7. The molecule has 0 heterocycles. The lowest BCUT2D eigenvalue weighted by Crippen LogP contribution is -2.13. The van der Waals surface area contributed by atoms with E-state index in [2.05, 4.69) is 21.2 Å². The van der Waals surface area contributed by atoms with Gasteiger partial charge < -0.3 is 19.9 Å². The number of carboxylic acids is 1. The number of hydrogen-bond donors (Lipinski definition) is 2. The van der Waals surface area contributed by atoms with E-state index in [0.717, 1.165) is 21.2 Å². The highest BCUT2D eigenvalue weighted by Gasteiger charge is 2.12. The first-order valence-corrected chi connectivity index (χ1v) is 10.0. The third-order valence-electron chi connectivity index (χ3n) is 4.44. The number of carbonyl (C=O) groups is 1. The van der Waals surface area contributed by atoms with Crippen molar-refractivity contribution in [3.8, 4) is 11.5 Å². The summed E-state index contributed by atoms with van der Waals surface area (Å²) >= 11 is 3.53. The largest absolute Gasteiger partial charge is 0.493 e. The van der Waals surface area contributed by atoms with Gasteiger partial charge in [0.2, 0.25) is 0 Å². The van der Waals surface area contributed by atoms with Crippen molar-refractivity contribution in [1.82, 2.24) is 5.32 Å². The Bertz CT molecular complexity index is 1010. The van der Waals surface area contributed by atoms with E-state index in [1.807, 2.05) is 12.1 Å². The Kier molecular flexibility index (Phi) is 9.30. The van der Waals surface area contributed by atoms with Gasteiger partial charge in [-0.1, -0.05) is 24.3 Å². The van der Waals surface area contributed by atoms with Crippen molar-refractivity contribution in [2.24, 2.45) is 0 Å². The Morgan fingerprint density at radius 1 is 1.00 bits per heavy atom. The third kappa shape index (κ3) is 6.95. The van der Waals surface area contributed by atoms with E-state index in [0.29, 0.717) is 31.2 Å². The summed E-state index contributed by atoms with van der Waals surface area (Å²) in [6.07, 6.45) is 0. The maximum atomic E-state index is 13.0. The summed E-state index contributed by atoms with van der Waals surface area (Å²) in [5, 5.41) is 12.3. The SMILES string of the molecule is COc1cc(CNCc2ccc(C(=O)O)cc2)cc(Br)c1OCc1ccc(F)cc1.Cl. The molecule has 0 bridgehead atoms. The fraction of sp³-hybridized carbons (Fsp3) is 0.174. The molecule has 0 aromatic heterocycles. The van der Waals surface area contributed by atoms with Crippen LogP contribution in [0.4, 0.5) is 4.39 Å². The lowest BCUT2D eigenvalue weighted by atomic mass is 10.1. The Hall–Kier alpha value is -2.61. The fourth-order valence-electron chi connectivity index (χ4n) is 2.87. The smallest absolute Gasteiger partial charge is 0.335 e. The molecule has 0 aliphatic heterocycles. The molecular formula is C23H22BrClFNO4. The molecular weight excluding hydrogens is 489 g/mol. The summed E-state index contributed by atoms with van der Waals surface area (Å²) in [6, 6.07) is 16.8. The van der Waals surface area contributed by atoms with Crippen molar-refractivity contribution < 1.29 is 23.8 Å². The molecule has 8 heteroatoms. The molecule has 0 unspecified atom stereocenters. The van der Waals surface area contributed by atoms with Crippen LogP contribution in [0.25, 0.3) is 0 Å². The molecule has 0 aliphatic rings. The molecule has 0 radical (unpaired) electrons. The van der Waals surface area contributed by atoms with Crippen LogP contribution in [0.5, 0.6) is 11.5 Å². The van der Waals surface area contributed by atoms with E-state index in [-0.39, 0.29) is 23.8 Å². The lowest BCUT2D eigenvalue weighted by molar-refractivity contribution is 0.0697. The van der Waals surface area contributed by atoms with Gasteiger partial charge in [0.1, 0.15) is 12.4 Å². The number of carboxylic acid groups (broad SMARTS) is 1. The van der Waals surface area contributed by atoms with Gasteiger partial charge in [-0.15, -0.1) is 12.4 Å². The van der Waals surface area contributed by atoms with Gasteiger partial charge in [0.05, 0.1) is 17.1 Å². The molecule has 3 aromatic rings. The summed E-state index contributed by atoms with van der Waals surface area (Å²) in [5.74, 6) is -0.0516. The fourth-order valence-corrected chi connectivity index (χ4v) is 3.47. The summed E-state index contributed by atoms with van der Waals surface area (Å²) < 4.78 is 25.2. The number of nitrogens with one attached hydrogen (secondary N) is 1. The Morgan fingerprint density at radius 2 is 1.61 bits per heavy atom. The third-order valence-corrected chi connectivity index (χ3v) is 5.03. The van der Waals surface area contributed by atoms with Crippen LogP contribution in [0.1, 0.15) is 27.0 Å². The van der Waals surface area contributed by atoms with Crippen LogP contribution in [0.3, 0.4) is 0 Å². The molecule has 5 nitrogen and oxygen atoms in total. The Morgan fingerprint density at radius 3 is 2.23 bits per heavy atom. The van der Waals surface area contributed by atoms with E-state index >= 15 is 0 Å². The zero-order chi connectivity index (χ0) is 21.5. The molecule has 0 saturated carbocycles. The van der Waals surface area contributed by atoms with Gasteiger partial charge in [0.15, 0.2) is 11.5 Å². The quantitative estimate of drug-likeness (QED) is 0.393. The minimum Gasteiger partial charge on any atom is -0.493 e. The van der Waals surface area contributed by atoms with Crippen molar-refractivity contribution >= 4 is 34.3 Å². The van der Waals surface area contributed by atoms with Crippen molar-refractivity contribution in [1.29, 1.82) is 0 Å². The van der Waals surface area contributed by atoms with E-state index in [4.69, 9.17) is 14.6 Å². The van der Waals surface area contributed by atoms with Crippen LogP contribution < -0.4 is 14.8 Å². The standard InChI is InChI=1S/C23H21BrFNO4.ClH/c1-29-21-11-17(13-26-12-15-2-6-18(7-3-15)23(27)28)10-20(24)22(21)30-14-16-4-8-19(25)9-5-16;/h2-11,26H,12-14H2,1H3,(H,27,28);1H. The Balaban J connectivity index is 0.00000341. The van der Waals surface area contributed by atoms with Crippen LogP contribution in [0, 0.1) is 5.82 Å². The van der Waals surface area contributed by atoms with E-state index in [9.17, 15) is 9.18 Å². The molecule has 164 valence electrons. The molecule has 3 aromatic carbocycles. The highest BCUT2D eigenvalue weighted by Crippen LogP contribution is 2.37. The molecule has 0 atom stereocenters. The first-order chi connectivity index (χ1) is 14.5. The second-order valence-electron chi connectivity index (χ2n) is 6.63. The summed E-state index contributed by atoms with van der Waals surface area (Å²) in [7, 11) is 1.58. The van der Waals surface area contributed by atoms with Crippen molar-refractivity contribution in [2.75, 3.05) is 7.11 Å². The number of benzene rings is 3. The van der Waals surface area contributed by atoms with Gasteiger partial charge in [-0.05, 0) is 69.0 Å². The molecule has 31 heavy (non-hydrogen) atoms. The number of halogens is 3. The molecule has 3 rings (SSSR count). The van der Waals surface area contributed by atoms with Crippen molar-refractivity contribution in [3.05, 3.63) is 93.2 Å². The van der Waals surface area contributed by atoms with Crippen LogP contribution in [-0.4, -0.2) is 18.2 Å². The number of methoxy groups -OCH3 is 1. The topological polar surface area (TPSA) is 67.8 Å². The summed E-state index contributed by atoms with van der Waals surface area (Å²) in [6.45, 7) is 1.48. The first-order valence-electron chi connectivity index (χ1n) is 9.23. The van der Waals surface area contributed by atoms with Crippen LogP contribution in [-0.2, 0) is 19.7 Å². The normalized spacial score (nSPS) is 10.3. The van der Waals surface area contributed by atoms with E-state index in [1.54, 1.807) is 43.5 Å². The van der Waals surface area contributed by atoms with Crippen LogP contribution >= 0.6 is 28.3 Å². The maximum absolute atomic E-state index is 13.0. The first kappa shape index (κ1) is 24.7. The molecule has 0 fully saturated rings. The molecule has 0 spiro atoms. The van der Waals surface area contributed by atoms with Crippen LogP contribution in [0.2, 0.25) is 0 Å². The Labute approximate surface area is 194 Å².